The first-order valence-corrected chi connectivity index (χ1v) is 17.0. The molecule has 5 heterocycles. The molecule has 0 spiro atoms. The lowest BCUT2D eigenvalue weighted by atomic mass is 10.0. The van der Waals surface area contributed by atoms with Gasteiger partial charge in [-0.1, -0.05) is 36.4 Å². The van der Waals surface area contributed by atoms with Crippen molar-refractivity contribution in [1.29, 1.82) is 5.26 Å². The standard InChI is InChI=1S/C36H45N7O4/c1-36(2,3)47-35(44)43-18-17-42(21-26(43)12-14-37)33-30-13-16-41(32-11-6-9-25-8-4-5-10-29(25)32)23-31(30)38-34(39-33)45-19-7-15-40-22-28-20-27(40)24-46-28/h4-6,8-11,26-28H,7,12-13,15-24H2,1-3H3/t26?,27-,28-/m0/s1. The molecule has 2 aromatic carbocycles. The van der Waals surface area contributed by atoms with Gasteiger partial charge in [0.05, 0.1) is 50.1 Å². The molecule has 2 bridgehead atoms. The number of carbonyl (C=O) groups excluding carboxylic acids is 1. The third-order valence-electron chi connectivity index (χ3n) is 9.70. The minimum Gasteiger partial charge on any atom is -0.463 e. The summed E-state index contributed by atoms with van der Waals surface area (Å²) >= 11 is 0. The van der Waals surface area contributed by atoms with Crippen molar-refractivity contribution in [3.05, 3.63) is 53.7 Å². The van der Waals surface area contributed by atoms with Crippen molar-refractivity contribution < 1.29 is 19.0 Å². The van der Waals surface area contributed by atoms with E-state index < -0.39 is 5.60 Å². The molecule has 3 fully saturated rings. The zero-order valence-electron chi connectivity index (χ0n) is 27.7. The normalized spacial score (nSPS) is 22.8. The molecule has 7 rings (SSSR count). The van der Waals surface area contributed by atoms with Gasteiger partial charge in [0.1, 0.15) is 11.4 Å². The Bertz CT molecular complexity index is 1650. The Labute approximate surface area is 277 Å². The second-order valence-electron chi connectivity index (χ2n) is 14.1. The van der Waals surface area contributed by atoms with Crippen molar-refractivity contribution in [2.45, 2.75) is 76.8 Å². The van der Waals surface area contributed by atoms with Gasteiger partial charge in [0, 0.05) is 61.9 Å². The fourth-order valence-corrected chi connectivity index (χ4v) is 7.48. The van der Waals surface area contributed by atoms with E-state index in [0.29, 0.717) is 50.9 Å². The number of hydrogen-bond acceptors (Lipinski definition) is 10. The van der Waals surface area contributed by atoms with Crippen molar-refractivity contribution >= 4 is 28.4 Å². The van der Waals surface area contributed by atoms with Crippen LogP contribution in [-0.4, -0.2) is 102 Å². The van der Waals surface area contributed by atoms with Crippen LogP contribution in [-0.2, 0) is 22.4 Å². The molecule has 3 atom stereocenters. The molecule has 1 amide bonds. The minimum absolute atomic E-state index is 0.213. The summed E-state index contributed by atoms with van der Waals surface area (Å²) in [5.41, 5.74) is 2.66. The van der Waals surface area contributed by atoms with Gasteiger partial charge in [-0.15, -0.1) is 0 Å². The summed E-state index contributed by atoms with van der Waals surface area (Å²) in [7, 11) is 0. The number of aromatic nitrogens is 2. The van der Waals surface area contributed by atoms with Crippen LogP contribution >= 0.6 is 0 Å². The van der Waals surface area contributed by atoms with E-state index in [4.69, 9.17) is 24.2 Å². The number of nitrogens with zero attached hydrogens (tertiary/aromatic N) is 7. The maximum atomic E-state index is 13.1. The van der Waals surface area contributed by atoms with E-state index in [9.17, 15) is 10.1 Å². The number of hydrogen-bond donors (Lipinski definition) is 0. The Kier molecular flexibility index (Phi) is 8.81. The number of fused-ring (bicyclic) bond motifs is 4. The molecule has 4 aliphatic rings. The average Bonchev–Trinajstić information content (AvgIpc) is 3.69. The largest absolute Gasteiger partial charge is 0.463 e. The molecular formula is C36H45N7O4. The maximum Gasteiger partial charge on any atom is 0.410 e. The molecule has 0 saturated carbocycles. The van der Waals surface area contributed by atoms with Gasteiger partial charge in [-0.25, -0.2) is 4.79 Å². The number of benzene rings is 2. The Morgan fingerprint density at radius 1 is 1.06 bits per heavy atom. The lowest BCUT2D eigenvalue weighted by Gasteiger charge is -2.42. The molecular weight excluding hydrogens is 594 g/mol. The van der Waals surface area contributed by atoms with Crippen molar-refractivity contribution in [2.75, 3.05) is 62.3 Å². The van der Waals surface area contributed by atoms with Crippen LogP contribution in [0.2, 0.25) is 0 Å². The van der Waals surface area contributed by atoms with Crippen LogP contribution in [0.4, 0.5) is 16.3 Å². The van der Waals surface area contributed by atoms with Crippen LogP contribution in [0.15, 0.2) is 42.5 Å². The lowest BCUT2D eigenvalue weighted by molar-refractivity contribution is 0.0144. The Balaban J connectivity index is 1.13. The fraction of sp³-hybridized carbons (Fsp3) is 0.556. The van der Waals surface area contributed by atoms with Gasteiger partial charge in [0.25, 0.3) is 0 Å². The summed E-state index contributed by atoms with van der Waals surface area (Å²) in [6.45, 7) is 11.9. The molecule has 3 aromatic rings. The zero-order chi connectivity index (χ0) is 32.5. The third kappa shape index (κ3) is 6.81. The quantitative estimate of drug-likeness (QED) is 0.320. The summed E-state index contributed by atoms with van der Waals surface area (Å²) in [6.07, 6.45) is 3.03. The summed E-state index contributed by atoms with van der Waals surface area (Å²) < 4.78 is 17.7. The number of morpholine rings is 1. The lowest BCUT2D eigenvalue weighted by Crippen LogP contribution is -2.56. The van der Waals surface area contributed by atoms with Crippen LogP contribution in [0.3, 0.4) is 0 Å². The van der Waals surface area contributed by atoms with E-state index in [1.165, 1.54) is 16.5 Å². The van der Waals surface area contributed by atoms with Crippen LogP contribution < -0.4 is 14.5 Å². The van der Waals surface area contributed by atoms with Gasteiger partial charge < -0.3 is 28.9 Å². The second kappa shape index (κ2) is 13.2. The summed E-state index contributed by atoms with van der Waals surface area (Å²) in [5, 5.41) is 12.1. The molecule has 1 aromatic heterocycles. The SMILES string of the molecule is CC(C)(C)OC(=O)N1CCN(c2nc(OCCCN3C[C@@H]4C[C@H]3CO4)nc3c2CCN(c2cccc4ccccc24)C3)CC1CC#N. The highest BCUT2D eigenvalue weighted by atomic mass is 16.6. The highest BCUT2D eigenvalue weighted by Gasteiger charge is 2.39. The van der Waals surface area contributed by atoms with E-state index in [1.807, 2.05) is 20.8 Å². The summed E-state index contributed by atoms with van der Waals surface area (Å²) in [4.78, 5) is 31.9. The van der Waals surface area contributed by atoms with Gasteiger partial charge in [-0.05, 0) is 51.5 Å². The Hall–Kier alpha value is -4.14. The van der Waals surface area contributed by atoms with Crippen molar-refractivity contribution in [1.82, 2.24) is 19.8 Å². The van der Waals surface area contributed by atoms with Gasteiger partial charge in [0.2, 0.25) is 0 Å². The molecule has 11 heteroatoms. The third-order valence-corrected chi connectivity index (χ3v) is 9.70. The second-order valence-corrected chi connectivity index (χ2v) is 14.1. The zero-order valence-corrected chi connectivity index (χ0v) is 27.7. The number of nitriles is 1. The predicted molar refractivity (Wildman–Crippen MR) is 180 cm³/mol. The molecule has 3 saturated heterocycles. The van der Waals surface area contributed by atoms with E-state index in [0.717, 1.165) is 62.6 Å². The predicted octanol–water partition coefficient (Wildman–Crippen LogP) is 4.77. The smallest absolute Gasteiger partial charge is 0.410 e. The first kappa shape index (κ1) is 31.5. The summed E-state index contributed by atoms with van der Waals surface area (Å²) in [5.74, 6) is 0.850. The average molecular weight is 640 g/mol. The topological polar surface area (TPSA) is 107 Å². The Morgan fingerprint density at radius 2 is 1.91 bits per heavy atom. The molecule has 1 unspecified atom stereocenters. The van der Waals surface area contributed by atoms with E-state index in [2.05, 4.69) is 63.2 Å². The van der Waals surface area contributed by atoms with Crippen LogP contribution in [0, 0.1) is 11.3 Å². The molecule has 4 aliphatic heterocycles. The molecule has 0 N–H and O–H groups in total. The van der Waals surface area contributed by atoms with Crippen LogP contribution in [0.5, 0.6) is 6.01 Å². The summed E-state index contributed by atoms with van der Waals surface area (Å²) in [6, 6.07) is 17.8. The van der Waals surface area contributed by atoms with E-state index in [1.54, 1.807) is 4.90 Å². The van der Waals surface area contributed by atoms with Crippen LogP contribution in [0.1, 0.15) is 51.3 Å². The van der Waals surface area contributed by atoms with Crippen molar-refractivity contribution in [3.8, 4) is 12.1 Å². The number of amides is 1. The number of anilines is 2. The number of piperazine rings is 1. The highest BCUT2D eigenvalue weighted by molar-refractivity contribution is 5.94. The van der Waals surface area contributed by atoms with Crippen molar-refractivity contribution in [3.63, 3.8) is 0 Å². The minimum atomic E-state index is -0.610. The fourth-order valence-electron chi connectivity index (χ4n) is 7.48. The molecule has 47 heavy (non-hydrogen) atoms. The monoisotopic (exact) mass is 639 g/mol. The number of rotatable bonds is 8. The highest BCUT2D eigenvalue weighted by Crippen LogP contribution is 2.35. The van der Waals surface area contributed by atoms with Gasteiger partial charge in [0.15, 0.2) is 0 Å². The van der Waals surface area contributed by atoms with E-state index in [-0.39, 0.29) is 18.6 Å². The molecule has 0 radical (unpaired) electrons. The van der Waals surface area contributed by atoms with Gasteiger partial charge in [-0.3, -0.25) is 4.90 Å². The maximum absolute atomic E-state index is 13.1. The van der Waals surface area contributed by atoms with Crippen LogP contribution in [0.25, 0.3) is 10.8 Å². The van der Waals surface area contributed by atoms with Gasteiger partial charge in [-0.2, -0.15) is 15.2 Å². The molecule has 248 valence electrons. The first-order chi connectivity index (χ1) is 22.8. The van der Waals surface area contributed by atoms with Crippen molar-refractivity contribution in [2.24, 2.45) is 0 Å². The Morgan fingerprint density at radius 3 is 2.70 bits per heavy atom. The number of likely N-dealkylation sites (tertiary alicyclic amines) is 1. The first-order valence-electron chi connectivity index (χ1n) is 17.0. The van der Waals surface area contributed by atoms with E-state index >= 15 is 0 Å². The number of carbonyl (C=O) groups is 1. The van der Waals surface area contributed by atoms with Gasteiger partial charge >= 0.3 is 12.1 Å². The molecule has 0 aliphatic carbocycles. The number of ether oxygens (including phenoxy) is 3. The molecule has 11 nitrogen and oxygen atoms in total.